The van der Waals surface area contributed by atoms with E-state index in [4.69, 9.17) is 0 Å². The Bertz CT molecular complexity index is 1040. The first-order valence-electron chi connectivity index (χ1n) is 9.28. The number of carbonyl (C=O) groups excluding carboxylic acids is 2. The van der Waals surface area contributed by atoms with Crippen LogP contribution in [0.4, 0.5) is 15.2 Å². The maximum Gasteiger partial charge on any atom is 0.257 e. The van der Waals surface area contributed by atoms with Gasteiger partial charge in [-0.15, -0.1) is 23.1 Å². The third kappa shape index (κ3) is 5.90. The molecule has 2 amide bonds. The number of halogens is 1. The van der Waals surface area contributed by atoms with Crippen LogP contribution in [0.5, 0.6) is 0 Å². The monoisotopic (exact) mass is 443 g/mol. The molecule has 5 nitrogen and oxygen atoms in total. The van der Waals surface area contributed by atoms with Crippen molar-refractivity contribution in [1.82, 2.24) is 4.98 Å². The highest BCUT2D eigenvalue weighted by molar-refractivity contribution is 7.99. The number of nitrogens with one attached hydrogen (secondary N) is 2. The van der Waals surface area contributed by atoms with Crippen molar-refractivity contribution in [2.24, 2.45) is 0 Å². The van der Waals surface area contributed by atoms with Gasteiger partial charge in [0.2, 0.25) is 5.91 Å². The number of carbonyl (C=O) groups is 2. The van der Waals surface area contributed by atoms with E-state index in [2.05, 4.69) is 15.6 Å². The Balaban J connectivity index is 1.50. The fraction of sp³-hybridized carbons (Fsp3) is 0.227. The molecule has 0 fully saturated rings. The number of benzene rings is 2. The van der Waals surface area contributed by atoms with Gasteiger partial charge in [-0.3, -0.25) is 14.9 Å². The van der Waals surface area contributed by atoms with Crippen molar-refractivity contribution in [3.63, 3.8) is 0 Å². The van der Waals surface area contributed by atoms with Gasteiger partial charge in [0.25, 0.3) is 5.91 Å². The van der Waals surface area contributed by atoms with E-state index in [-0.39, 0.29) is 23.4 Å². The number of amides is 2. The Labute approximate surface area is 183 Å². The number of thiazole rings is 1. The second-order valence-corrected chi connectivity index (χ2v) is 8.76. The van der Waals surface area contributed by atoms with Gasteiger partial charge in [0, 0.05) is 22.4 Å². The minimum Gasteiger partial charge on any atom is -0.325 e. The van der Waals surface area contributed by atoms with Crippen molar-refractivity contribution < 1.29 is 14.0 Å². The molecule has 8 heteroatoms. The molecular weight excluding hydrogens is 421 g/mol. The maximum absolute atomic E-state index is 12.9. The van der Waals surface area contributed by atoms with Crippen LogP contribution >= 0.6 is 23.1 Å². The quantitative estimate of drug-likeness (QED) is 0.518. The van der Waals surface area contributed by atoms with E-state index in [1.807, 2.05) is 38.3 Å². The predicted octanol–water partition coefficient (Wildman–Crippen LogP) is 5.33. The molecule has 0 saturated heterocycles. The van der Waals surface area contributed by atoms with Crippen LogP contribution in [0.15, 0.2) is 41.8 Å². The normalized spacial score (nSPS) is 10.7. The second kappa shape index (κ2) is 9.86. The number of hydrogen-bond donors (Lipinski definition) is 2. The molecule has 0 aliphatic rings. The first kappa shape index (κ1) is 22.0. The Kier molecular flexibility index (Phi) is 7.23. The Morgan fingerprint density at radius 2 is 1.73 bits per heavy atom. The topological polar surface area (TPSA) is 71.1 Å². The minimum atomic E-state index is -0.346. The van der Waals surface area contributed by atoms with E-state index < -0.39 is 0 Å². The molecule has 0 spiro atoms. The molecule has 2 aromatic carbocycles. The fourth-order valence-corrected chi connectivity index (χ4v) is 4.63. The number of hydrogen-bond acceptors (Lipinski definition) is 5. The molecule has 0 aliphatic heterocycles. The van der Waals surface area contributed by atoms with Crippen LogP contribution in [-0.2, 0) is 10.5 Å². The summed E-state index contributed by atoms with van der Waals surface area (Å²) in [7, 11) is 0. The number of rotatable bonds is 7. The highest BCUT2D eigenvalue weighted by Gasteiger charge is 2.15. The van der Waals surface area contributed by atoms with Gasteiger partial charge in [-0.25, -0.2) is 9.37 Å². The molecular formula is C22H22FN3O2S2. The average molecular weight is 444 g/mol. The molecule has 3 aromatic rings. The second-order valence-electron chi connectivity index (χ2n) is 6.92. The first-order chi connectivity index (χ1) is 14.3. The van der Waals surface area contributed by atoms with Crippen molar-refractivity contribution >= 4 is 45.7 Å². The smallest absolute Gasteiger partial charge is 0.257 e. The van der Waals surface area contributed by atoms with Gasteiger partial charge < -0.3 is 5.32 Å². The number of anilines is 2. The van der Waals surface area contributed by atoms with Crippen molar-refractivity contribution in [2.45, 2.75) is 26.5 Å². The summed E-state index contributed by atoms with van der Waals surface area (Å²) in [5, 5.41) is 7.99. The Hall–Kier alpha value is -2.71. The van der Waals surface area contributed by atoms with E-state index in [1.54, 1.807) is 0 Å². The molecule has 2 N–H and O–H groups in total. The molecule has 0 atom stereocenters. The maximum atomic E-state index is 12.9. The summed E-state index contributed by atoms with van der Waals surface area (Å²) in [5.41, 5.74) is 5.02. The van der Waals surface area contributed by atoms with Crippen LogP contribution in [0.1, 0.15) is 32.7 Å². The molecule has 0 bridgehead atoms. The number of thioether (sulfide) groups is 1. The first-order valence-corrected chi connectivity index (χ1v) is 11.3. The highest BCUT2D eigenvalue weighted by Crippen LogP contribution is 2.22. The van der Waals surface area contributed by atoms with E-state index in [9.17, 15) is 14.0 Å². The zero-order valence-corrected chi connectivity index (χ0v) is 18.5. The SMILES string of the molecule is Cc1cc(C)c(C(=O)Nc2nc(CSCC(=O)Nc3ccc(F)cc3)cs2)c(C)c1. The van der Waals surface area contributed by atoms with Crippen LogP contribution in [0.2, 0.25) is 0 Å². The summed E-state index contributed by atoms with van der Waals surface area (Å²) >= 11 is 2.78. The van der Waals surface area contributed by atoms with Crippen molar-refractivity contribution in [3.05, 3.63) is 75.5 Å². The molecule has 0 aliphatic carbocycles. The van der Waals surface area contributed by atoms with Gasteiger partial charge in [0.15, 0.2) is 5.13 Å². The van der Waals surface area contributed by atoms with E-state index in [1.165, 1.54) is 47.4 Å². The number of aryl methyl sites for hydroxylation is 3. The third-order valence-electron chi connectivity index (χ3n) is 4.29. The van der Waals surface area contributed by atoms with Crippen LogP contribution in [-0.4, -0.2) is 22.6 Å². The molecule has 30 heavy (non-hydrogen) atoms. The van der Waals surface area contributed by atoms with Crippen molar-refractivity contribution in [2.75, 3.05) is 16.4 Å². The molecule has 0 unspecified atom stereocenters. The Morgan fingerprint density at radius 3 is 2.40 bits per heavy atom. The molecule has 0 radical (unpaired) electrons. The summed E-state index contributed by atoms with van der Waals surface area (Å²) in [5.74, 6) is 0.115. The number of nitrogens with zero attached hydrogens (tertiary/aromatic N) is 1. The van der Waals surface area contributed by atoms with Gasteiger partial charge in [0.1, 0.15) is 5.82 Å². The lowest BCUT2D eigenvalue weighted by molar-refractivity contribution is -0.113. The van der Waals surface area contributed by atoms with Crippen LogP contribution < -0.4 is 10.6 Å². The summed E-state index contributed by atoms with van der Waals surface area (Å²) in [6.07, 6.45) is 0. The van der Waals surface area contributed by atoms with Gasteiger partial charge in [-0.05, 0) is 56.2 Å². The summed E-state index contributed by atoms with van der Waals surface area (Å²) in [6, 6.07) is 9.61. The minimum absolute atomic E-state index is 0.166. The van der Waals surface area contributed by atoms with Crippen LogP contribution in [0, 0.1) is 26.6 Å². The third-order valence-corrected chi connectivity index (χ3v) is 6.06. The summed E-state index contributed by atoms with van der Waals surface area (Å²) < 4.78 is 12.9. The highest BCUT2D eigenvalue weighted by atomic mass is 32.2. The zero-order valence-electron chi connectivity index (χ0n) is 16.9. The number of aromatic nitrogens is 1. The van der Waals surface area contributed by atoms with E-state index >= 15 is 0 Å². The van der Waals surface area contributed by atoms with Gasteiger partial charge in [-0.2, -0.15) is 0 Å². The molecule has 3 rings (SSSR count). The summed E-state index contributed by atoms with van der Waals surface area (Å²) in [4.78, 5) is 29.1. The van der Waals surface area contributed by atoms with Crippen LogP contribution in [0.25, 0.3) is 0 Å². The largest absolute Gasteiger partial charge is 0.325 e. The lowest BCUT2D eigenvalue weighted by atomic mass is 9.99. The van der Waals surface area contributed by atoms with Crippen LogP contribution in [0.3, 0.4) is 0 Å². The van der Waals surface area contributed by atoms with E-state index in [0.717, 1.165) is 22.4 Å². The molecule has 156 valence electrons. The zero-order chi connectivity index (χ0) is 21.7. The molecule has 0 saturated carbocycles. The fourth-order valence-electron chi connectivity index (χ4n) is 3.11. The lowest BCUT2D eigenvalue weighted by Crippen LogP contribution is -2.15. The standard InChI is InChI=1S/C22H22FN3O2S2/c1-13-8-14(2)20(15(3)9-13)21(28)26-22-25-18(11-30-22)10-29-12-19(27)24-17-6-4-16(23)5-7-17/h4-9,11H,10,12H2,1-3H3,(H,24,27)(H,25,26,28). The van der Waals surface area contributed by atoms with Gasteiger partial charge >= 0.3 is 0 Å². The lowest BCUT2D eigenvalue weighted by Gasteiger charge is -2.10. The average Bonchev–Trinajstić information content (AvgIpc) is 3.10. The molecule has 1 aromatic heterocycles. The van der Waals surface area contributed by atoms with Crippen molar-refractivity contribution in [1.29, 1.82) is 0 Å². The predicted molar refractivity (Wildman–Crippen MR) is 122 cm³/mol. The van der Waals surface area contributed by atoms with Crippen molar-refractivity contribution in [3.8, 4) is 0 Å². The van der Waals surface area contributed by atoms with Gasteiger partial charge in [0.05, 0.1) is 11.4 Å². The Morgan fingerprint density at radius 1 is 1.07 bits per heavy atom. The van der Waals surface area contributed by atoms with Gasteiger partial charge in [-0.1, -0.05) is 17.7 Å². The molecule has 1 heterocycles. The summed E-state index contributed by atoms with van der Waals surface area (Å²) in [6.45, 7) is 5.86. The van der Waals surface area contributed by atoms with E-state index in [0.29, 0.717) is 22.1 Å².